The van der Waals surface area contributed by atoms with E-state index in [2.05, 4.69) is 47.3 Å². The zero-order valence-corrected chi connectivity index (χ0v) is 18.9. The molecule has 0 radical (unpaired) electrons. The topological polar surface area (TPSA) is 47.0 Å². The molecule has 160 valence electrons. The van der Waals surface area contributed by atoms with Gasteiger partial charge in [-0.05, 0) is 50.8 Å². The van der Waals surface area contributed by atoms with Gasteiger partial charge in [-0.3, -0.25) is 0 Å². The molecule has 0 amide bonds. The van der Waals surface area contributed by atoms with Crippen LogP contribution < -0.4 is 10.1 Å². The monoisotopic (exact) mass is 397 g/mol. The van der Waals surface area contributed by atoms with Crippen LogP contribution in [0.15, 0.2) is 24.5 Å². The van der Waals surface area contributed by atoms with E-state index in [1.165, 1.54) is 68.9 Å². The Balaban J connectivity index is 1.65. The Bertz CT molecular complexity index is 730. The summed E-state index contributed by atoms with van der Waals surface area (Å²) in [5.41, 5.74) is 4.74. The van der Waals surface area contributed by atoms with Crippen LogP contribution in [0.5, 0.6) is 5.75 Å². The van der Waals surface area contributed by atoms with Crippen molar-refractivity contribution in [2.75, 3.05) is 18.5 Å². The fraction of sp³-hybridized carbons (Fsp3) is 0.600. The molecule has 1 aromatic carbocycles. The molecule has 1 heterocycles. The Morgan fingerprint density at radius 3 is 2.34 bits per heavy atom. The van der Waals surface area contributed by atoms with Gasteiger partial charge < -0.3 is 10.1 Å². The molecule has 2 rings (SSSR count). The Morgan fingerprint density at radius 2 is 1.62 bits per heavy atom. The van der Waals surface area contributed by atoms with E-state index in [0.717, 1.165) is 29.4 Å². The number of nitrogens with one attached hydrogen (secondary N) is 1. The number of aromatic nitrogens is 2. The molecule has 4 nitrogen and oxygen atoms in total. The third kappa shape index (κ3) is 8.43. The van der Waals surface area contributed by atoms with Crippen LogP contribution in [-0.4, -0.2) is 23.1 Å². The lowest BCUT2D eigenvalue weighted by molar-refractivity contribution is 0.330. The molecule has 0 aliphatic rings. The number of hydrogen-bond donors (Lipinski definition) is 1. The maximum absolute atomic E-state index is 5.97. The van der Waals surface area contributed by atoms with Crippen molar-refractivity contribution < 1.29 is 4.74 Å². The summed E-state index contributed by atoms with van der Waals surface area (Å²) in [5.74, 6) is 1.86. The van der Waals surface area contributed by atoms with Crippen LogP contribution in [0.25, 0.3) is 0 Å². The average Bonchev–Trinajstić information content (AvgIpc) is 2.71. The summed E-state index contributed by atoms with van der Waals surface area (Å²) in [6.45, 7) is 9.78. The van der Waals surface area contributed by atoms with Crippen LogP contribution in [0.4, 0.5) is 5.82 Å². The van der Waals surface area contributed by atoms with Crippen LogP contribution in [0.1, 0.15) is 80.7 Å². The van der Waals surface area contributed by atoms with Crippen LogP contribution in [0.2, 0.25) is 0 Å². The van der Waals surface area contributed by atoms with Crippen molar-refractivity contribution in [2.45, 2.75) is 85.5 Å². The highest BCUT2D eigenvalue weighted by molar-refractivity contribution is 5.44. The summed E-state index contributed by atoms with van der Waals surface area (Å²) in [5, 5.41) is 3.33. The van der Waals surface area contributed by atoms with Crippen LogP contribution in [0.3, 0.4) is 0 Å². The first-order valence-corrected chi connectivity index (χ1v) is 11.4. The number of benzene rings is 1. The number of ether oxygens (including phenoxy) is 1. The predicted molar refractivity (Wildman–Crippen MR) is 123 cm³/mol. The molecule has 0 atom stereocenters. The number of nitrogens with zero attached hydrogens (tertiary/aromatic N) is 2. The average molecular weight is 398 g/mol. The summed E-state index contributed by atoms with van der Waals surface area (Å²) in [6, 6.07) is 6.62. The number of aryl methyl sites for hydroxylation is 3. The zero-order chi connectivity index (χ0) is 20.9. The molecule has 1 N–H and O–H groups in total. The first kappa shape index (κ1) is 23.2. The third-order valence-electron chi connectivity index (χ3n) is 5.55. The molecule has 0 spiro atoms. The smallest absolute Gasteiger partial charge is 0.132 e. The summed E-state index contributed by atoms with van der Waals surface area (Å²) in [6.07, 6.45) is 13.7. The molecular weight excluding hydrogens is 358 g/mol. The van der Waals surface area contributed by atoms with Gasteiger partial charge in [0.2, 0.25) is 0 Å². The first-order chi connectivity index (χ1) is 14.1. The molecule has 0 aliphatic heterocycles. The third-order valence-corrected chi connectivity index (χ3v) is 5.55. The van der Waals surface area contributed by atoms with Gasteiger partial charge in [-0.2, -0.15) is 0 Å². The van der Waals surface area contributed by atoms with Crippen molar-refractivity contribution >= 4 is 5.82 Å². The van der Waals surface area contributed by atoms with E-state index < -0.39 is 0 Å². The van der Waals surface area contributed by atoms with Gasteiger partial charge in [-0.15, -0.1) is 0 Å². The maximum Gasteiger partial charge on any atom is 0.132 e. The quantitative estimate of drug-likeness (QED) is 0.366. The number of rotatable bonds is 14. The SMILES string of the molecule is CCCCCCCCCCc1ccc(OCCNc2ncnc(C)c2C)c(C)c1. The van der Waals surface area contributed by atoms with E-state index in [9.17, 15) is 0 Å². The van der Waals surface area contributed by atoms with E-state index in [1.54, 1.807) is 6.33 Å². The van der Waals surface area contributed by atoms with Crippen molar-refractivity contribution in [1.29, 1.82) is 0 Å². The lowest BCUT2D eigenvalue weighted by Crippen LogP contribution is -2.14. The standard InChI is InChI=1S/C25H39N3O/c1-5-6-7-8-9-10-11-12-13-23-14-15-24(20(2)18-23)29-17-16-26-25-21(3)22(4)27-19-28-25/h14-15,18-19H,5-13,16-17H2,1-4H3,(H,26,27,28). The zero-order valence-electron chi connectivity index (χ0n) is 18.9. The lowest BCUT2D eigenvalue weighted by atomic mass is 10.0. The van der Waals surface area contributed by atoms with Crippen molar-refractivity contribution in [2.24, 2.45) is 0 Å². The normalized spacial score (nSPS) is 10.9. The predicted octanol–water partition coefficient (Wildman–Crippen LogP) is 6.58. The fourth-order valence-corrected chi connectivity index (χ4v) is 3.54. The molecule has 0 unspecified atom stereocenters. The Kier molecular flexibility index (Phi) is 10.5. The molecular formula is C25H39N3O. The molecule has 0 fully saturated rings. The molecule has 0 aliphatic carbocycles. The Morgan fingerprint density at radius 1 is 0.897 bits per heavy atom. The van der Waals surface area contributed by atoms with Crippen LogP contribution >= 0.6 is 0 Å². The molecule has 4 heteroatoms. The Labute approximate surface area is 177 Å². The van der Waals surface area contributed by atoms with Crippen molar-refractivity contribution in [1.82, 2.24) is 9.97 Å². The van der Waals surface area contributed by atoms with Crippen LogP contribution in [-0.2, 0) is 6.42 Å². The molecule has 0 bridgehead atoms. The molecule has 2 aromatic rings. The van der Waals surface area contributed by atoms with E-state index in [0.29, 0.717) is 6.61 Å². The summed E-state index contributed by atoms with van der Waals surface area (Å²) in [4.78, 5) is 8.49. The van der Waals surface area contributed by atoms with Crippen molar-refractivity contribution in [3.05, 3.63) is 46.9 Å². The van der Waals surface area contributed by atoms with Gasteiger partial charge in [0.1, 0.15) is 24.5 Å². The van der Waals surface area contributed by atoms with E-state index in [4.69, 9.17) is 4.74 Å². The van der Waals surface area contributed by atoms with E-state index in [-0.39, 0.29) is 0 Å². The lowest BCUT2D eigenvalue weighted by Gasteiger charge is -2.13. The number of unbranched alkanes of at least 4 members (excludes halogenated alkanes) is 7. The highest BCUT2D eigenvalue weighted by atomic mass is 16.5. The molecule has 1 aromatic heterocycles. The second-order valence-electron chi connectivity index (χ2n) is 8.03. The second kappa shape index (κ2) is 13.2. The maximum atomic E-state index is 5.97. The minimum atomic E-state index is 0.612. The highest BCUT2D eigenvalue weighted by Crippen LogP contribution is 2.21. The van der Waals surface area contributed by atoms with Gasteiger partial charge in [-0.25, -0.2) is 9.97 Å². The van der Waals surface area contributed by atoms with Crippen LogP contribution in [0, 0.1) is 20.8 Å². The van der Waals surface area contributed by atoms with Gasteiger partial charge in [0.05, 0.1) is 6.54 Å². The number of hydrogen-bond acceptors (Lipinski definition) is 4. The second-order valence-corrected chi connectivity index (χ2v) is 8.03. The van der Waals surface area contributed by atoms with Gasteiger partial charge >= 0.3 is 0 Å². The first-order valence-electron chi connectivity index (χ1n) is 11.4. The minimum Gasteiger partial charge on any atom is -0.491 e. The fourth-order valence-electron chi connectivity index (χ4n) is 3.54. The minimum absolute atomic E-state index is 0.612. The summed E-state index contributed by atoms with van der Waals surface area (Å²) < 4.78 is 5.97. The molecule has 29 heavy (non-hydrogen) atoms. The molecule has 0 saturated carbocycles. The van der Waals surface area contributed by atoms with Gasteiger partial charge in [-0.1, -0.05) is 64.0 Å². The van der Waals surface area contributed by atoms with Gasteiger partial charge in [0.15, 0.2) is 0 Å². The largest absolute Gasteiger partial charge is 0.491 e. The van der Waals surface area contributed by atoms with Gasteiger partial charge in [0, 0.05) is 11.3 Å². The highest BCUT2D eigenvalue weighted by Gasteiger charge is 2.04. The van der Waals surface area contributed by atoms with E-state index >= 15 is 0 Å². The summed E-state index contributed by atoms with van der Waals surface area (Å²) >= 11 is 0. The summed E-state index contributed by atoms with van der Waals surface area (Å²) in [7, 11) is 0. The molecule has 0 saturated heterocycles. The van der Waals surface area contributed by atoms with Gasteiger partial charge in [0.25, 0.3) is 0 Å². The number of anilines is 1. The Hall–Kier alpha value is -2.10. The van der Waals surface area contributed by atoms with Crippen molar-refractivity contribution in [3.63, 3.8) is 0 Å². The van der Waals surface area contributed by atoms with E-state index in [1.807, 2.05) is 13.8 Å². The van der Waals surface area contributed by atoms with Crippen molar-refractivity contribution in [3.8, 4) is 5.75 Å².